The smallest absolute Gasteiger partial charge is 0.271 e. The fraction of sp³-hybridized carbons (Fsp3) is 0.438. The maximum Gasteiger partial charge on any atom is 0.271 e. The first-order valence-corrected chi connectivity index (χ1v) is 7.91. The molecule has 2 amide bonds. The van der Waals surface area contributed by atoms with Gasteiger partial charge in [0, 0.05) is 26.2 Å². The molecule has 0 aliphatic carbocycles. The normalized spacial score (nSPS) is 14.0. The number of rotatable bonds is 3. The van der Waals surface area contributed by atoms with Crippen LogP contribution in [-0.2, 0) is 24.4 Å². The summed E-state index contributed by atoms with van der Waals surface area (Å²) in [5.74, 6) is -0.214. The van der Waals surface area contributed by atoms with Gasteiger partial charge in [-0.05, 0) is 19.4 Å². The minimum absolute atomic E-state index is 0.0671. The molecule has 0 fully saturated rings. The van der Waals surface area contributed by atoms with Crippen LogP contribution in [0.3, 0.4) is 0 Å². The molecule has 1 aliphatic heterocycles. The van der Waals surface area contributed by atoms with E-state index in [1.807, 2.05) is 22.6 Å². The second kappa shape index (κ2) is 6.77. The van der Waals surface area contributed by atoms with Crippen LogP contribution in [0.2, 0.25) is 0 Å². The van der Waals surface area contributed by atoms with Crippen molar-refractivity contribution in [3.8, 4) is 0 Å². The largest absolute Gasteiger partial charge is 0.345 e. The number of amides is 2. The fourth-order valence-electron chi connectivity index (χ4n) is 2.65. The van der Waals surface area contributed by atoms with Crippen molar-refractivity contribution in [2.24, 2.45) is 0 Å². The van der Waals surface area contributed by atoms with Gasteiger partial charge in [0.15, 0.2) is 0 Å². The monoisotopic (exact) mass is 328 g/mol. The van der Waals surface area contributed by atoms with Crippen LogP contribution in [0.25, 0.3) is 0 Å². The van der Waals surface area contributed by atoms with Crippen molar-refractivity contribution < 1.29 is 9.59 Å². The summed E-state index contributed by atoms with van der Waals surface area (Å²) in [5, 5.41) is 7.31. The molecule has 126 valence electrons. The highest BCUT2D eigenvalue weighted by Crippen LogP contribution is 2.14. The second-order valence-electron chi connectivity index (χ2n) is 5.87. The number of nitrogens with zero attached hydrogens (tertiary/aromatic N) is 5. The third-order valence-corrected chi connectivity index (χ3v) is 3.95. The molecule has 2 aromatic heterocycles. The van der Waals surface area contributed by atoms with E-state index >= 15 is 0 Å². The average Bonchev–Trinajstić information content (AvgIpc) is 2.83. The average molecular weight is 328 g/mol. The third kappa shape index (κ3) is 3.58. The van der Waals surface area contributed by atoms with E-state index in [0.717, 1.165) is 36.6 Å². The Kier molecular flexibility index (Phi) is 4.54. The molecule has 8 heteroatoms. The van der Waals surface area contributed by atoms with Gasteiger partial charge < -0.3 is 10.2 Å². The molecule has 24 heavy (non-hydrogen) atoms. The molecule has 1 aliphatic rings. The van der Waals surface area contributed by atoms with Gasteiger partial charge >= 0.3 is 0 Å². The summed E-state index contributed by atoms with van der Waals surface area (Å²) in [6.45, 7) is 5.79. The van der Waals surface area contributed by atoms with Crippen LogP contribution in [0.4, 0.5) is 0 Å². The highest BCUT2D eigenvalue weighted by Gasteiger charge is 2.18. The van der Waals surface area contributed by atoms with E-state index in [0.29, 0.717) is 13.1 Å². The Labute approximate surface area is 139 Å². The fourth-order valence-corrected chi connectivity index (χ4v) is 2.65. The number of aromatic nitrogens is 4. The Morgan fingerprint density at radius 2 is 2.08 bits per heavy atom. The van der Waals surface area contributed by atoms with Crippen molar-refractivity contribution in [3.05, 3.63) is 41.2 Å². The summed E-state index contributed by atoms with van der Waals surface area (Å²) in [5.41, 5.74) is 2.80. The van der Waals surface area contributed by atoms with Gasteiger partial charge in [-0.3, -0.25) is 19.3 Å². The minimum atomic E-state index is -0.281. The van der Waals surface area contributed by atoms with Crippen molar-refractivity contribution >= 4 is 11.8 Å². The molecule has 8 nitrogen and oxygen atoms in total. The van der Waals surface area contributed by atoms with E-state index in [2.05, 4.69) is 20.4 Å². The van der Waals surface area contributed by atoms with Crippen molar-refractivity contribution in [2.75, 3.05) is 6.54 Å². The van der Waals surface area contributed by atoms with Crippen LogP contribution in [0, 0.1) is 6.92 Å². The predicted octanol–water partition coefficient (Wildman–Crippen LogP) is 0.664. The Morgan fingerprint density at radius 3 is 2.79 bits per heavy atom. The Bertz CT molecular complexity index is 752. The summed E-state index contributed by atoms with van der Waals surface area (Å²) in [6.07, 6.45) is 3.89. The first kappa shape index (κ1) is 16.1. The summed E-state index contributed by atoms with van der Waals surface area (Å²) in [6, 6.07) is 1.93. The van der Waals surface area contributed by atoms with Crippen molar-refractivity contribution in [3.63, 3.8) is 0 Å². The SMILES string of the molecule is CC(=O)N1CCCn2nc(CNC(=O)c3cnc(C)cn3)cc2C1. The van der Waals surface area contributed by atoms with Gasteiger partial charge in [0.1, 0.15) is 5.69 Å². The summed E-state index contributed by atoms with van der Waals surface area (Å²) >= 11 is 0. The Balaban J connectivity index is 1.64. The van der Waals surface area contributed by atoms with Gasteiger partial charge in [0.25, 0.3) is 5.91 Å². The second-order valence-corrected chi connectivity index (χ2v) is 5.87. The molecule has 0 saturated carbocycles. The quantitative estimate of drug-likeness (QED) is 0.893. The number of fused-ring (bicyclic) bond motifs is 1. The van der Waals surface area contributed by atoms with E-state index in [1.165, 1.54) is 6.20 Å². The van der Waals surface area contributed by atoms with Crippen molar-refractivity contribution in [2.45, 2.75) is 39.9 Å². The Morgan fingerprint density at radius 1 is 1.25 bits per heavy atom. The van der Waals surface area contributed by atoms with Gasteiger partial charge in [-0.25, -0.2) is 4.98 Å². The molecule has 0 saturated heterocycles. The molecule has 0 spiro atoms. The summed E-state index contributed by atoms with van der Waals surface area (Å²) in [4.78, 5) is 33.6. The first-order chi connectivity index (χ1) is 11.5. The number of hydrogen-bond donors (Lipinski definition) is 1. The minimum Gasteiger partial charge on any atom is -0.345 e. The zero-order valence-electron chi connectivity index (χ0n) is 13.8. The van der Waals surface area contributed by atoms with E-state index in [1.54, 1.807) is 13.1 Å². The summed E-state index contributed by atoms with van der Waals surface area (Å²) < 4.78 is 1.91. The zero-order valence-corrected chi connectivity index (χ0v) is 13.8. The van der Waals surface area contributed by atoms with E-state index in [9.17, 15) is 9.59 Å². The molecule has 0 bridgehead atoms. The van der Waals surface area contributed by atoms with Gasteiger partial charge in [-0.2, -0.15) is 5.10 Å². The lowest BCUT2D eigenvalue weighted by molar-refractivity contribution is -0.129. The number of aryl methyl sites for hydroxylation is 2. The number of nitrogens with one attached hydrogen (secondary N) is 1. The molecule has 1 N–H and O–H groups in total. The molecular formula is C16H20N6O2. The van der Waals surface area contributed by atoms with E-state index in [-0.39, 0.29) is 17.5 Å². The van der Waals surface area contributed by atoms with Crippen molar-refractivity contribution in [1.29, 1.82) is 0 Å². The Hall–Kier alpha value is -2.77. The molecule has 0 aromatic carbocycles. The van der Waals surface area contributed by atoms with Crippen molar-refractivity contribution in [1.82, 2.24) is 30.0 Å². The summed E-state index contributed by atoms with van der Waals surface area (Å²) in [7, 11) is 0. The zero-order chi connectivity index (χ0) is 17.1. The topological polar surface area (TPSA) is 93.0 Å². The molecule has 3 rings (SSSR count). The number of hydrogen-bond acceptors (Lipinski definition) is 5. The molecule has 0 atom stereocenters. The maximum atomic E-state index is 12.1. The molecular weight excluding hydrogens is 308 g/mol. The highest BCUT2D eigenvalue weighted by atomic mass is 16.2. The van der Waals surface area contributed by atoms with Crippen LogP contribution in [-0.4, -0.2) is 43.0 Å². The van der Waals surface area contributed by atoms with Crippen LogP contribution in [0.1, 0.15) is 40.9 Å². The lowest BCUT2D eigenvalue weighted by atomic mass is 10.3. The van der Waals surface area contributed by atoms with E-state index in [4.69, 9.17) is 0 Å². The van der Waals surface area contributed by atoms with Crippen LogP contribution >= 0.6 is 0 Å². The van der Waals surface area contributed by atoms with E-state index < -0.39 is 0 Å². The number of carbonyl (C=O) groups is 2. The highest BCUT2D eigenvalue weighted by molar-refractivity contribution is 5.91. The lowest BCUT2D eigenvalue weighted by Gasteiger charge is -2.17. The molecule has 3 heterocycles. The van der Waals surface area contributed by atoms with Gasteiger partial charge in [0.2, 0.25) is 5.91 Å². The maximum absolute atomic E-state index is 12.1. The third-order valence-electron chi connectivity index (χ3n) is 3.95. The molecule has 0 radical (unpaired) electrons. The first-order valence-electron chi connectivity index (χ1n) is 7.91. The van der Waals surface area contributed by atoms with Gasteiger partial charge in [0.05, 0.1) is 36.4 Å². The lowest BCUT2D eigenvalue weighted by Crippen LogP contribution is -2.28. The number of carbonyl (C=O) groups excluding carboxylic acids is 2. The predicted molar refractivity (Wildman–Crippen MR) is 85.9 cm³/mol. The van der Waals surface area contributed by atoms with Gasteiger partial charge in [-0.1, -0.05) is 0 Å². The standard InChI is InChI=1S/C16H20N6O2/c1-11-7-18-15(9-17-11)16(24)19-8-13-6-14-10-21(12(2)23)4-3-5-22(14)20-13/h6-7,9H,3-5,8,10H2,1-2H3,(H,19,24). The molecule has 2 aromatic rings. The van der Waals surface area contributed by atoms with Gasteiger partial charge in [-0.15, -0.1) is 0 Å². The van der Waals surface area contributed by atoms with Crippen LogP contribution in [0.5, 0.6) is 0 Å². The molecule has 0 unspecified atom stereocenters. The van der Waals surface area contributed by atoms with Crippen LogP contribution < -0.4 is 5.32 Å². The van der Waals surface area contributed by atoms with Crippen LogP contribution in [0.15, 0.2) is 18.5 Å².